The van der Waals surface area contributed by atoms with Gasteiger partial charge in [-0.25, -0.2) is 0 Å². The molecule has 16 nitrogen and oxygen atoms in total. The van der Waals surface area contributed by atoms with E-state index >= 15 is 0 Å². The van der Waals surface area contributed by atoms with Gasteiger partial charge in [0.1, 0.15) is 6.61 Å². The number of nitrogens with zero attached hydrogens (tertiary/aromatic N) is 2. The van der Waals surface area contributed by atoms with Gasteiger partial charge in [-0.3, -0.25) is 29.8 Å². The summed E-state index contributed by atoms with van der Waals surface area (Å²) in [6, 6.07) is 19.4. The maximum absolute atomic E-state index is 13.6. The highest BCUT2D eigenvalue weighted by atomic mass is 16.5. The van der Waals surface area contributed by atoms with Gasteiger partial charge in [0, 0.05) is 65.0 Å². The average Bonchev–Trinajstić information content (AvgIpc) is 4.02. The van der Waals surface area contributed by atoms with Gasteiger partial charge >= 0.3 is 0 Å². The first-order chi connectivity index (χ1) is 30.6. The molecule has 2 aromatic heterocycles. The minimum Gasteiger partial charge on any atom is -0.493 e. The molecule has 0 radical (unpaired) electrons. The van der Waals surface area contributed by atoms with Crippen molar-refractivity contribution in [2.24, 2.45) is 0 Å². The summed E-state index contributed by atoms with van der Waals surface area (Å²) in [5.41, 5.74) is 4.51. The van der Waals surface area contributed by atoms with Crippen molar-refractivity contribution in [3.63, 3.8) is 0 Å². The van der Waals surface area contributed by atoms with Gasteiger partial charge in [0.15, 0.2) is 23.0 Å². The van der Waals surface area contributed by atoms with Gasteiger partial charge in [-0.1, -0.05) is 30.3 Å². The molecule has 4 N–H and O–H groups in total. The molecular formula is C47H44N4O12. The van der Waals surface area contributed by atoms with Crippen molar-refractivity contribution in [3.05, 3.63) is 107 Å². The second-order valence-electron chi connectivity index (χ2n) is 14.6. The van der Waals surface area contributed by atoms with E-state index in [9.17, 15) is 29.4 Å². The highest BCUT2D eigenvalue weighted by Crippen LogP contribution is 2.46. The fourth-order valence-corrected chi connectivity index (χ4v) is 8.33. The molecule has 0 bridgehead atoms. The van der Waals surface area contributed by atoms with Crippen LogP contribution in [0, 0.1) is 0 Å². The smallest absolute Gasteiger partial charge is 0.259 e. The van der Waals surface area contributed by atoms with Crippen LogP contribution in [-0.2, 0) is 38.9 Å². The van der Waals surface area contributed by atoms with E-state index in [1.807, 2.05) is 51.6 Å². The Morgan fingerprint density at radius 2 is 1.02 bits per heavy atom. The molecule has 4 heterocycles. The number of aryl methyl sites for hydroxylation is 1. The Kier molecular flexibility index (Phi) is 11.7. The standard InChI is InChI=1S/C47H44N4O12/c1-58-34-18-26(19-35(59-2)42(34)61-4)38-41(47(57)48-44(38)54)31-22-50(13-8-15-52)33-17-25(11-12-29(31)33)24-63-37-21-27(20-36(60-3)43(37)62-5)39-40(46(56)49-45(39)55)30-23-51(14-16-53)32-10-7-6-9-28(30)32/h6-7,9-12,17-23,52-53H,8,13-16,24H2,1-5H3,(H,48,54,57)(H,49,55,56). The lowest BCUT2D eigenvalue weighted by Crippen LogP contribution is -2.22. The summed E-state index contributed by atoms with van der Waals surface area (Å²) in [4.78, 5) is 54.3. The monoisotopic (exact) mass is 856 g/mol. The molecule has 2 aliphatic heterocycles. The molecule has 0 spiro atoms. The summed E-state index contributed by atoms with van der Waals surface area (Å²) in [6.07, 6.45) is 3.95. The third kappa shape index (κ3) is 7.38. The summed E-state index contributed by atoms with van der Waals surface area (Å²) < 4.78 is 38.2. The Morgan fingerprint density at radius 1 is 0.524 bits per heavy atom. The maximum Gasteiger partial charge on any atom is 0.259 e. The quantitative estimate of drug-likeness (QED) is 0.0923. The number of nitrogens with one attached hydrogen (secondary N) is 2. The van der Waals surface area contributed by atoms with Crippen molar-refractivity contribution in [2.45, 2.75) is 26.1 Å². The molecule has 0 saturated heterocycles. The largest absolute Gasteiger partial charge is 0.493 e. The molecule has 8 rings (SSSR count). The Bertz CT molecular complexity index is 2900. The third-order valence-electron chi connectivity index (χ3n) is 11.1. The number of hydrogen-bond acceptors (Lipinski definition) is 12. The van der Waals surface area contributed by atoms with E-state index in [0.29, 0.717) is 68.9 Å². The number of carbonyl (C=O) groups is 4. The predicted octanol–water partition coefficient (Wildman–Crippen LogP) is 4.73. The Morgan fingerprint density at radius 3 is 1.54 bits per heavy atom. The molecule has 16 heteroatoms. The Labute approximate surface area is 360 Å². The number of rotatable bonds is 17. The van der Waals surface area contributed by atoms with Crippen LogP contribution in [0.25, 0.3) is 44.1 Å². The summed E-state index contributed by atoms with van der Waals surface area (Å²) in [7, 11) is 7.31. The number of para-hydroxylation sites is 1. The molecule has 324 valence electrons. The van der Waals surface area contributed by atoms with Crippen LogP contribution in [0.1, 0.15) is 34.2 Å². The molecule has 2 aliphatic rings. The van der Waals surface area contributed by atoms with Gasteiger partial charge in [-0.15, -0.1) is 0 Å². The van der Waals surface area contributed by atoms with E-state index in [2.05, 4.69) is 10.6 Å². The lowest BCUT2D eigenvalue weighted by molar-refractivity contribution is -0.124. The fraction of sp³-hybridized carbons (Fsp3) is 0.234. The molecule has 0 atom stereocenters. The van der Waals surface area contributed by atoms with Crippen LogP contribution in [0.4, 0.5) is 0 Å². The van der Waals surface area contributed by atoms with Crippen molar-refractivity contribution >= 4 is 67.7 Å². The van der Waals surface area contributed by atoms with Crippen molar-refractivity contribution < 1.29 is 57.8 Å². The summed E-state index contributed by atoms with van der Waals surface area (Å²) >= 11 is 0. The Hall–Kier alpha value is -7.56. The van der Waals surface area contributed by atoms with Gasteiger partial charge in [0.2, 0.25) is 11.5 Å². The highest BCUT2D eigenvalue weighted by molar-refractivity contribution is 6.51. The van der Waals surface area contributed by atoms with Crippen LogP contribution in [0.5, 0.6) is 34.5 Å². The molecular weight excluding hydrogens is 813 g/mol. The first kappa shape index (κ1) is 42.1. The zero-order valence-electron chi connectivity index (χ0n) is 35.1. The van der Waals surface area contributed by atoms with Gasteiger partial charge in [-0.2, -0.15) is 0 Å². The zero-order valence-corrected chi connectivity index (χ0v) is 35.1. The van der Waals surface area contributed by atoms with Gasteiger partial charge in [-0.05, 0) is 59.5 Å². The van der Waals surface area contributed by atoms with Crippen LogP contribution in [0.15, 0.2) is 79.1 Å². The number of aromatic nitrogens is 2. The van der Waals surface area contributed by atoms with Crippen LogP contribution >= 0.6 is 0 Å². The number of imide groups is 2. The van der Waals surface area contributed by atoms with E-state index in [1.165, 1.54) is 35.5 Å². The first-order valence-corrected chi connectivity index (χ1v) is 19.9. The predicted molar refractivity (Wildman–Crippen MR) is 233 cm³/mol. The topological polar surface area (TPSA) is 198 Å². The maximum atomic E-state index is 13.6. The summed E-state index contributed by atoms with van der Waals surface area (Å²) in [6.45, 7) is 0.477. The van der Waals surface area contributed by atoms with Crippen molar-refractivity contribution in [1.29, 1.82) is 0 Å². The molecule has 63 heavy (non-hydrogen) atoms. The van der Waals surface area contributed by atoms with E-state index in [0.717, 1.165) is 10.9 Å². The number of amides is 4. The number of hydrogen-bond donors (Lipinski definition) is 4. The number of fused-ring (bicyclic) bond motifs is 2. The molecule has 4 amide bonds. The summed E-state index contributed by atoms with van der Waals surface area (Å²) in [5, 5.41) is 25.8. The number of methoxy groups -OCH3 is 5. The normalized spacial score (nSPS) is 14.0. The lowest BCUT2D eigenvalue weighted by Gasteiger charge is -2.16. The van der Waals surface area contributed by atoms with Crippen molar-refractivity contribution in [3.8, 4) is 34.5 Å². The fourth-order valence-electron chi connectivity index (χ4n) is 8.33. The molecule has 4 aromatic carbocycles. The highest BCUT2D eigenvalue weighted by Gasteiger charge is 2.37. The SMILES string of the molecule is COc1cc(C2=C(c3cn(CCCO)c4cc(COc5cc(C6=C(c7cn(CCO)c8ccccc78)C(=O)NC6=O)cc(OC)c5OC)ccc34)C(=O)NC2=O)cc(OC)c1OC. The number of benzene rings is 4. The number of aliphatic hydroxyl groups is 2. The first-order valence-electron chi connectivity index (χ1n) is 19.9. The zero-order chi connectivity index (χ0) is 44.5. The molecule has 0 fully saturated rings. The molecule has 0 aliphatic carbocycles. The van der Waals surface area contributed by atoms with Crippen molar-refractivity contribution in [2.75, 3.05) is 48.8 Å². The Balaban J connectivity index is 1.20. The second kappa shape index (κ2) is 17.4. The molecule has 0 saturated carbocycles. The van der Waals surface area contributed by atoms with E-state index in [1.54, 1.807) is 36.7 Å². The average molecular weight is 857 g/mol. The van der Waals surface area contributed by atoms with Crippen LogP contribution in [0.2, 0.25) is 0 Å². The minimum absolute atomic E-state index is 0.00343. The summed E-state index contributed by atoms with van der Waals surface area (Å²) in [5.74, 6) is -0.657. The third-order valence-corrected chi connectivity index (χ3v) is 11.1. The number of ether oxygens (including phenoxy) is 6. The van der Waals surface area contributed by atoms with Crippen LogP contribution in [0.3, 0.4) is 0 Å². The molecule has 0 unspecified atom stereocenters. The molecule has 6 aromatic rings. The number of carbonyl (C=O) groups excluding carboxylic acids is 4. The van der Waals surface area contributed by atoms with E-state index in [4.69, 9.17) is 28.4 Å². The van der Waals surface area contributed by atoms with Gasteiger partial charge in [0.25, 0.3) is 23.6 Å². The van der Waals surface area contributed by atoms with Gasteiger partial charge in [0.05, 0.1) is 64.4 Å². The number of aliphatic hydroxyl groups excluding tert-OH is 2. The van der Waals surface area contributed by atoms with E-state index in [-0.39, 0.29) is 65.9 Å². The van der Waals surface area contributed by atoms with Crippen LogP contribution < -0.4 is 39.1 Å². The van der Waals surface area contributed by atoms with Crippen LogP contribution in [-0.4, -0.2) is 91.7 Å². The van der Waals surface area contributed by atoms with Gasteiger partial charge < -0.3 is 47.8 Å². The minimum atomic E-state index is -0.599. The van der Waals surface area contributed by atoms with Crippen molar-refractivity contribution in [1.82, 2.24) is 19.8 Å². The van der Waals surface area contributed by atoms with E-state index < -0.39 is 23.6 Å². The lowest BCUT2D eigenvalue weighted by atomic mass is 9.95. The second-order valence-corrected chi connectivity index (χ2v) is 14.6.